The topological polar surface area (TPSA) is 47.7 Å². The fourth-order valence-corrected chi connectivity index (χ4v) is 1.99. The number of hydrogen-bond acceptors (Lipinski definition) is 4. The predicted octanol–water partition coefficient (Wildman–Crippen LogP) is 2.67. The summed E-state index contributed by atoms with van der Waals surface area (Å²) in [6.07, 6.45) is 0. The Kier molecular flexibility index (Phi) is 5.46. The molecule has 2 rings (SSSR count). The Morgan fingerprint density at radius 1 is 0.952 bits per heavy atom. The lowest BCUT2D eigenvalue weighted by atomic mass is 10.2. The van der Waals surface area contributed by atoms with Gasteiger partial charge < -0.3 is 20.1 Å². The highest BCUT2D eigenvalue weighted by molar-refractivity contribution is 5.48. The molecule has 0 radical (unpaired) electrons. The van der Waals surface area contributed by atoms with Gasteiger partial charge in [0, 0.05) is 19.3 Å². The van der Waals surface area contributed by atoms with Crippen LogP contribution < -0.4 is 20.1 Å². The van der Waals surface area contributed by atoms with Crippen molar-refractivity contribution >= 4 is 5.69 Å². The number of hydrogen-bond donors (Lipinski definition) is 1. The van der Waals surface area contributed by atoms with Crippen LogP contribution in [-0.4, -0.2) is 27.3 Å². The summed E-state index contributed by atoms with van der Waals surface area (Å²) in [6.45, 7) is 2.00. The van der Waals surface area contributed by atoms with Gasteiger partial charge in [0.05, 0.1) is 13.7 Å². The number of likely N-dealkylation sites (N-methyl/N-ethyl adjacent to an activating group) is 1. The zero-order valence-electron chi connectivity index (χ0n) is 12.6. The number of ether oxygens (including phenoxy) is 2. The molecule has 112 valence electrons. The molecule has 0 aliphatic carbocycles. The number of methoxy groups -OCH3 is 1. The molecule has 4 nitrogen and oxygen atoms in total. The Morgan fingerprint density at radius 2 is 1.57 bits per heavy atom. The summed E-state index contributed by atoms with van der Waals surface area (Å²) in [4.78, 5) is 2.15. The van der Waals surface area contributed by atoms with Gasteiger partial charge in [-0.15, -0.1) is 0 Å². The van der Waals surface area contributed by atoms with Gasteiger partial charge in [0.1, 0.15) is 18.1 Å². The summed E-state index contributed by atoms with van der Waals surface area (Å²) < 4.78 is 10.9. The van der Waals surface area contributed by atoms with Crippen molar-refractivity contribution in [1.82, 2.24) is 0 Å². The zero-order valence-corrected chi connectivity index (χ0v) is 12.6. The van der Waals surface area contributed by atoms with Gasteiger partial charge in [0.15, 0.2) is 0 Å². The molecule has 0 atom stereocenters. The van der Waals surface area contributed by atoms with Crippen molar-refractivity contribution in [2.45, 2.75) is 6.54 Å². The largest absolute Gasteiger partial charge is 0.497 e. The molecule has 2 N–H and O–H groups in total. The van der Waals surface area contributed by atoms with Crippen LogP contribution in [0.3, 0.4) is 0 Å². The van der Waals surface area contributed by atoms with Crippen molar-refractivity contribution in [2.75, 3.05) is 32.2 Å². The Bertz CT molecular complexity index is 538. The minimum Gasteiger partial charge on any atom is -0.497 e. The van der Waals surface area contributed by atoms with E-state index in [4.69, 9.17) is 15.2 Å². The second kappa shape index (κ2) is 7.55. The molecule has 0 aromatic heterocycles. The lowest BCUT2D eigenvalue weighted by Crippen LogP contribution is -2.23. The van der Waals surface area contributed by atoms with Gasteiger partial charge >= 0.3 is 0 Å². The predicted molar refractivity (Wildman–Crippen MR) is 86.1 cm³/mol. The van der Waals surface area contributed by atoms with Crippen LogP contribution in [0.25, 0.3) is 0 Å². The first-order valence-electron chi connectivity index (χ1n) is 7.00. The van der Waals surface area contributed by atoms with Crippen LogP contribution in [0.15, 0.2) is 48.5 Å². The van der Waals surface area contributed by atoms with Crippen LogP contribution in [-0.2, 0) is 6.54 Å². The first kappa shape index (κ1) is 15.2. The molecule has 2 aromatic carbocycles. The van der Waals surface area contributed by atoms with E-state index in [1.165, 1.54) is 0 Å². The Morgan fingerprint density at radius 3 is 2.14 bits per heavy atom. The van der Waals surface area contributed by atoms with Gasteiger partial charge in [0.25, 0.3) is 0 Å². The smallest absolute Gasteiger partial charge is 0.119 e. The summed E-state index contributed by atoms with van der Waals surface area (Å²) in [5, 5.41) is 0. The Labute approximate surface area is 126 Å². The van der Waals surface area contributed by atoms with E-state index in [9.17, 15) is 0 Å². The molecule has 0 amide bonds. The first-order chi connectivity index (χ1) is 10.2. The molecule has 0 unspecified atom stereocenters. The standard InChI is InChI=1S/C17H22N2O2/c1-19(15-5-9-16(20-2)10-6-15)11-12-21-17-7-3-14(13-18)4-8-17/h3-10H,11-13,18H2,1-2H3. The third kappa shape index (κ3) is 4.39. The van der Waals surface area contributed by atoms with Gasteiger partial charge in [-0.2, -0.15) is 0 Å². The van der Waals surface area contributed by atoms with Gasteiger partial charge in [-0.05, 0) is 42.0 Å². The van der Waals surface area contributed by atoms with Crippen molar-refractivity contribution in [2.24, 2.45) is 5.73 Å². The monoisotopic (exact) mass is 286 g/mol. The maximum Gasteiger partial charge on any atom is 0.119 e. The van der Waals surface area contributed by atoms with E-state index in [1.54, 1.807) is 7.11 Å². The van der Waals surface area contributed by atoms with Crippen molar-refractivity contribution in [3.05, 3.63) is 54.1 Å². The van der Waals surface area contributed by atoms with E-state index >= 15 is 0 Å². The molecule has 0 aliphatic heterocycles. The molecule has 0 heterocycles. The molecule has 0 aliphatic rings. The van der Waals surface area contributed by atoms with Gasteiger partial charge in [-0.3, -0.25) is 0 Å². The molecular weight excluding hydrogens is 264 g/mol. The van der Waals surface area contributed by atoms with Crippen LogP contribution >= 0.6 is 0 Å². The van der Waals surface area contributed by atoms with Gasteiger partial charge in [0.2, 0.25) is 0 Å². The van der Waals surface area contributed by atoms with Crippen molar-refractivity contribution in [1.29, 1.82) is 0 Å². The minimum atomic E-state index is 0.556. The SMILES string of the molecule is COc1ccc(N(C)CCOc2ccc(CN)cc2)cc1. The molecule has 0 saturated heterocycles. The summed E-state index contributed by atoms with van der Waals surface area (Å²) in [5.74, 6) is 1.73. The average Bonchev–Trinajstić information content (AvgIpc) is 2.55. The van der Waals surface area contributed by atoms with E-state index in [1.807, 2.05) is 55.6 Å². The molecule has 4 heteroatoms. The highest BCUT2D eigenvalue weighted by atomic mass is 16.5. The van der Waals surface area contributed by atoms with Crippen molar-refractivity contribution in [3.63, 3.8) is 0 Å². The molecule has 21 heavy (non-hydrogen) atoms. The van der Waals surface area contributed by atoms with Gasteiger partial charge in [-0.25, -0.2) is 0 Å². The van der Waals surface area contributed by atoms with E-state index in [2.05, 4.69) is 4.90 Å². The van der Waals surface area contributed by atoms with Crippen LogP contribution in [0.2, 0.25) is 0 Å². The molecule has 0 fully saturated rings. The zero-order chi connectivity index (χ0) is 15.1. The van der Waals surface area contributed by atoms with Crippen LogP contribution in [0, 0.1) is 0 Å². The van der Waals surface area contributed by atoms with E-state index < -0.39 is 0 Å². The van der Waals surface area contributed by atoms with E-state index in [0.29, 0.717) is 13.2 Å². The number of rotatable bonds is 7. The quantitative estimate of drug-likeness (QED) is 0.850. The van der Waals surface area contributed by atoms with E-state index in [0.717, 1.165) is 29.3 Å². The van der Waals surface area contributed by atoms with Crippen LogP contribution in [0.5, 0.6) is 11.5 Å². The van der Waals surface area contributed by atoms with Crippen LogP contribution in [0.4, 0.5) is 5.69 Å². The maximum absolute atomic E-state index is 5.74. The lowest BCUT2D eigenvalue weighted by molar-refractivity contribution is 0.326. The Balaban J connectivity index is 1.81. The van der Waals surface area contributed by atoms with Crippen molar-refractivity contribution in [3.8, 4) is 11.5 Å². The summed E-state index contributed by atoms with van der Waals surface area (Å²) >= 11 is 0. The molecule has 0 spiro atoms. The number of nitrogens with zero attached hydrogens (tertiary/aromatic N) is 1. The van der Waals surface area contributed by atoms with E-state index in [-0.39, 0.29) is 0 Å². The van der Waals surface area contributed by atoms with Crippen LogP contribution in [0.1, 0.15) is 5.56 Å². The molecule has 0 saturated carbocycles. The second-order valence-electron chi connectivity index (χ2n) is 4.82. The fraction of sp³-hybridized carbons (Fsp3) is 0.294. The number of benzene rings is 2. The highest BCUT2D eigenvalue weighted by Crippen LogP contribution is 2.18. The second-order valence-corrected chi connectivity index (χ2v) is 4.82. The Hall–Kier alpha value is -2.20. The maximum atomic E-state index is 5.74. The minimum absolute atomic E-state index is 0.556. The summed E-state index contributed by atoms with van der Waals surface area (Å²) in [5.41, 5.74) is 7.81. The fourth-order valence-electron chi connectivity index (χ4n) is 1.99. The highest BCUT2D eigenvalue weighted by Gasteiger charge is 2.02. The average molecular weight is 286 g/mol. The first-order valence-corrected chi connectivity index (χ1v) is 7.00. The third-order valence-corrected chi connectivity index (χ3v) is 3.37. The molecule has 2 aromatic rings. The van der Waals surface area contributed by atoms with Crippen molar-refractivity contribution < 1.29 is 9.47 Å². The third-order valence-electron chi connectivity index (χ3n) is 3.37. The number of anilines is 1. The lowest BCUT2D eigenvalue weighted by Gasteiger charge is -2.19. The molecular formula is C17H22N2O2. The van der Waals surface area contributed by atoms with Gasteiger partial charge in [-0.1, -0.05) is 12.1 Å². The number of nitrogens with two attached hydrogens (primary N) is 1. The summed E-state index contributed by atoms with van der Waals surface area (Å²) in [7, 11) is 3.71. The normalized spacial score (nSPS) is 10.2. The summed E-state index contributed by atoms with van der Waals surface area (Å²) in [6, 6.07) is 15.9. The molecule has 0 bridgehead atoms.